The summed E-state index contributed by atoms with van der Waals surface area (Å²) in [5, 5.41) is 0. The predicted octanol–water partition coefficient (Wildman–Crippen LogP) is 3.89. The van der Waals surface area contributed by atoms with E-state index < -0.39 is 10.0 Å². The van der Waals surface area contributed by atoms with E-state index in [2.05, 4.69) is 4.98 Å². The van der Waals surface area contributed by atoms with Crippen molar-refractivity contribution in [3.63, 3.8) is 0 Å². The van der Waals surface area contributed by atoms with Gasteiger partial charge in [-0.2, -0.15) is 4.31 Å². The molecule has 0 saturated carbocycles. The first-order valence-electron chi connectivity index (χ1n) is 7.67. The first-order chi connectivity index (χ1) is 10.9. The summed E-state index contributed by atoms with van der Waals surface area (Å²) in [6, 6.07) is 8.80. The molecule has 1 aromatic carbocycles. The second-order valence-electron chi connectivity index (χ2n) is 6.02. The number of sulfonamides is 1. The van der Waals surface area contributed by atoms with Gasteiger partial charge in [-0.25, -0.2) is 8.42 Å². The van der Waals surface area contributed by atoms with Crippen LogP contribution in [0.5, 0.6) is 0 Å². The van der Waals surface area contributed by atoms with Gasteiger partial charge in [-0.1, -0.05) is 29.9 Å². The van der Waals surface area contributed by atoms with E-state index >= 15 is 0 Å². The van der Waals surface area contributed by atoms with Gasteiger partial charge in [-0.15, -0.1) is 0 Å². The number of nitrogens with zero attached hydrogens (tertiary/aromatic N) is 1. The highest BCUT2D eigenvalue weighted by Crippen LogP contribution is 2.37. The lowest BCUT2D eigenvalue weighted by Crippen LogP contribution is -2.31. The highest BCUT2D eigenvalue weighted by atomic mass is 32.2. The van der Waals surface area contributed by atoms with Gasteiger partial charge in [0.25, 0.3) is 0 Å². The van der Waals surface area contributed by atoms with Crippen LogP contribution in [0.15, 0.2) is 41.4 Å². The summed E-state index contributed by atoms with van der Waals surface area (Å²) in [4.78, 5) is 3.39. The molecule has 0 spiro atoms. The molecule has 1 aliphatic rings. The van der Waals surface area contributed by atoms with E-state index in [-0.39, 0.29) is 6.04 Å². The lowest BCUT2D eigenvalue weighted by molar-refractivity contribution is 0.395. The quantitative estimate of drug-likeness (QED) is 0.856. The number of aromatic nitrogens is 1. The Hall–Kier alpha value is -1.50. The molecule has 1 saturated heterocycles. The van der Waals surface area contributed by atoms with Crippen molar-refractivity contribution in [1.82, 2.24) is 9.29 Å². The maximum atomic E-state index is 13.0. The van der Waals surface area contributed by atoms with Crippen LogP contribution in [0.4, 0.5) is 0 Å². The molecule has 3 rings (SSSR count). The molecule has 122 valence electrons. The molecule has 0 amide bonds. The van der Waals surface area contributed by atoms with Crippen LogP contribution in [0, 0.1) is 18.5 Å². The normalized spacial score (nSPS) is 19.1. The minimum absolute atomic E-state index is 0.131. The fraction of sp³-hybridized carbons (Fsp3) is 0.353. The molecule has 1 fully saturated rings. The molecule has 0 unspecified atom stereocenters. The number of aryl methyl sites for hydroxylation is 2. The Labute approximate surface area is 142 Å². The van der Waals surface area contributed by atoms with Crippen molar-refractivity contribution in [2.45, 2.75) is 37.6 Å². The number of H-pyrrole nitrogens is 1. The lowest BCUT2D eigenvalue weighted by atomic mass is 10.0. The third-order valence-electron chi connectivity index (χ3n) is 4.36. The number of nitrogens with one attached hydrogen (secondary N) is 1. The van der Waals surface area contributed by atoms with E-state index in [0.717, 1.165) is 29.5 Å². The van der Waals surface area contributed by atoms with Crippen molar-refractivity contribution in [1.29, 1.82) is 0 Å². The maximum absolute atomic E-state index is 13.0. The zero-order valence-corrected chi connectivity index (χ0v) is 14.9. The summed E-state index contributed by atoms with van der Waals surface area (Å²) < 4.78 is 28.3. The molecule has 2 aromatic rings. The summed E-state index contributed by atoms with van der Waals surface area (Å²) in [5.41, 5.74) is 3.09. The van der Waals surface area contributed by atoms with Gasteiger partial charge in [0.1, 0.15) is 4.64 Å². The number of aromatic amines is 1. The predicted molar refractivity (Wildman–Crippen MR) is 93.4 cm³/mol. The van der Waals surface area contributed by atoms with E-state index in [4.69, 9.17) is 12.2 Å². The summed E-state index contributed by atoms with van der Waals surface area (Å²) in [6.07, 6.45) is 3.55. The Balaban J connectivity index is 2.01. The maximum Gasteiger partial charge on any atom is 0.243 e. The molecule has 0 radical (unpaired) electrons. The number of hydrogen-bond donors (Lipinski definition) is 1. The van der Waals surface area contributed by atoms with Gasteiger partial charge in [0.2, 0.25) is 10.0 Å². The van der Waals surface area contributed by atoms with Crippen molar-refractivity contribution in [2.75, 3.05) is 6.54 Å². The van der Waals surface area contributed by atoms with Crippen molar-refractivity contribution >= 4 is 22.2 Å². The average molecular weight is 348 g/mol. The third-order valence-corrected chi connectivity index (χ3v) is 6.52. The highest BCUT2D eigenvalue weighted by Gasteiger charge is 2.36. The molecule has 6 heteroatoms. The van der Waals surface area contributed by atoms with Crippen molar-refractivity contribution in [2.24, 2.45) is 0 Å². The molecule has 1 aromatic heterocycles. The first kappa shape index (κ1) is 16.4. The van der Waals surface area contributed by atoms with Crippen LogP contribution in [0.25, 0.3) is 0 Å². The topological polar surface area (TPSA) is 53.2 Å². The molecule has 0 aliphatic carbocycles. The zero-order valence-electron chi connectivity index (χ0n) is 13.2. The van der Waals surface area contributed by atoms with Crippen LogP contribution in [0.2, 0.25) is 0 Å². The van der Waals surface area contributed by atoms with Gasteiger partial charge >= 0.3 is 0 Å². The Morgan fingerprint density at radius 3 is 2.57 bits per heavy atom. The van der Waals surface area contributed by atoms with Crippen molar-refractivity contribution in [3.05, 3.63) is 57.9 Å². The zero-order chi connectivity index (χ0) is 16.6. The smallest absolute Gasteiger partial charge is 0.243 e. The van der Waals surface area contributed by atoms with Crippen molar-refractivity contribution < 1.29 is 8.42 Å². The van der Waals surface area contributed by atoms with Gasteiger partial charge in [-0.05, 0) is 56.0 Å². The second-order valence-corrected chi connectivity index (χ2v) is 8.35. The lowest BCUT2D eigenvalue weighted by Gasteiger charge is -2.25. The average Bonchev–Trinajstić information content (AvgIpc) is 2.97. The van der Waals surface area contributed by atoms with E-state index in [1.54, 1.807) is 16.4 Å². The van der Waals surface area contributed by atoms with Crippen LogP contribution in [0.3, 0.4) is 0 Å². The van der Waals surface area contributed by atoms with Crippen molar-refractivity contribution in [3.8, 4) is 0 Å². The Morgan fingerprint density at radius 1 is 1.22 bits per heavy atom. The van der Waals surface area contributed by atoms with E-state index in [1.165, 1.54) is 0 Å². The van der Waals surface area contributed by atoms with Gasteiger partial charge in [0, 0.05) is 12.7 Å². The summed E-state index contributed by atoms with van der Waals surface area (Å²) in [7, 11) is -3.49. The highest BCUT2D eigenvalue weighted by molar-refractivity contribution is 7.89. The second kappa shape index (κ2) is 6.19. The summed E-state index contributed by atoms with van der Waals surface area (Å²) in [5.74, 6) is 0. The van der Waals surface area contributed by atoms with Gasteiger partial charge in [0.05, 0.1) is 10.9 Å². The molecule has 1 aliphatic heterocycles. The monoisotopic (exact) mass is 348 g/mol. The van der Waals surface area contributed by atoms with Gasteiger partial charge in [0.15, 0.2) is 0 Å². The largest absolute Gasteiger partial charge is 0.353 e. The molecule has 1 N–H and O–H groups in total. The van der Waals surface area contributed by atoms with Gasteiger partial charge < -0.3 is 4.98 Å². The Bertz CT molecular complexity index is 870. The molecule has 23 heavy (non-hydrogen) atoms. The Kier molecular flexibility index (Phi) is 4.40. The van der Waals surface area contributed by atoms with E-state index in [9.17, 15) is 8.42 Å². The first-order valence-corrected chi connectivity index (χ1v) is 9.52. The number of hydrogen-bond acceptors (Lipinski definition) is 3. The molecular formula is C17H20N2O2S2. The minimum atomic E-state index is -3.49. The third kappa shape index (κ3) is 3.11. The molecule has 4 nitrogen and oxygen atoms in total. The van der Waals surface area contributed by atoms with Crippen LogP contribution in [-0.2, 0) is 10.0 Å². The minimum Gasteiger partial charge on any atom is -0.353 e. The Morgan fingerprint density at radius 2 is 1.91 bits per heavy atom. The molecule has 2 heterocycles. The number of pyridine rings is 1. The SMILES string of the molecule is Cc1ccc(S(=O)(=O)N2CCC[C@@H]2c2c[nH]c(=S)cc2C)cc1. The van der Waals surface area contributed by atoms with Crippen LogP contribution in [0.1, 0.15) is 35.6 Å². The van der Waals surface area contributed by atoms with Crippen LogP contribution in [-0.4, -0.2) is 24.3 Å². The van der Waals surface area contributed by atoms with E-state index in [0.29, 0.717) is 16.1 Å². The fourth-order valence-electron chi connectivity index (χ4n) is 3.13. The van der Waals surface area contributed by atoms with Gasteiger partial charge in [-0.3, -0.25) is 0 Å². The molecule has 1 atom stereocenters. The number of benzene rings is 1. The summed E-state index contributed by atoms with van der Waals surface area (Å²) in [6.45, 7) is 4.48. The van der Waals surface area contributed by atoms with Crippen LogP contribution >= 0.6 is 12.2 Å². The number of rotatable bonds is 3. The molecular weight excluding hydrogens is 328 g/mol. The fourth-order valence-corrected chi connectivity index (χ4v) is 5.04. The summed E-state index contributed by atoms with van der Waals surface area (Å²) >= 11 is 5.14. The standard InChI is InChI=1S/C17H20N2O2S2/c1-12-5-7-14(8-6-12)23(20,21)19-9-3-4-16(19)15-11-18-17(22)10-13(15)2/h5-8,10-11,16H,3-4,9H2,1-2H3,(H,18,22)/t16-/m1/s1. The molecule has 0 bridgehead atoms. The van der Waals surface area contributed by atoms with Crippen LogP contribution < -0.4 is 0 Å². The van der Waals surface area contributed by atoms with E-state index in [1.807, 2.05) is 38.2 Å².